The molecule has 0 unspecified atom stereocenters. The Labute approximate surface area is 392 Å². The number of benzene rings is 6. The summed E-state index contributed by atoms with van der Waals surface area (Å²) >= 11 is 94.7. The van der Waals surface area contributed by atoms with Crippen molar-refractivity contribution in [1.29, 1.82) is 0 Å². The summed E-state index contributed by atoms with van der Waals surface area (Å²) in [5, 5.41) is -1.83. The lowest BCUT2D eigenvalue weighted by molar-refractivity contribution is 0.415. The van der Waals surface area contributed by atoms with Gasteiger partial charge in [0.1, 0.15) is 11.5 Å². The number of anilines is 3. The van der Waals surface area contributed by atoms with Crippen LogP contribution in [0.15, 0.2) is 72.8 Å². The highest BCUT2D eigenvalue weighted by atomic mass is 35.5. The maximum absolute atomic E-state index is 7.16. The van der Waals surface area contributed by atoms with Crippen molar-refractivity contribution in [3.8, 4) is 22.6 Å². The molecule has 0 aliphatic heterocycles. The minimum atomic E-state index is -0.173. The highest BCUT2D eigenvalue weighted by Gasteiger charge is 2.38. The second-order valence-corrected chi connectivity index (χ2v) is 16.8. The first kappa shape index (κ1) is 44.3. The molecule has 0 heterocycles. The summed E-state index contributed by atoms with van der Waals surface area (Å²) in [6, 6.07) is 22.7. The molecule has 0 amide bonds. The molecule has 0 saturated carbocycles. The molecule has 289 valence electrons. The fourth-order valence-electron chi connectivity index (χ4n) is 5.82. The summed E-state index contributed by atoms with van der Waals surface area (Å²) in [6.07, 6.45) is 0. The fourth-order valence-corrected chi connectivity index (χ4v) is 9.73. The molecule has 0 saturated heterocycles. The van der Waals surface area contributed by atoms with Crippen molar-refractivity contribution < 1.29 is 9.47 Å². The molecule has 0 fully saturated rings. The van der Waals surface area contributed by atoms with Gasteiger partial charge in [0.15, 0.2) is 0 Å². The van der Waals surface area contributed by atoms with Gasteiger partial charge in [0.05, 0.1) is 90.5 Å². The van der Waals surface area contributed by atoms with E-state index in [0.717, 1.165) is 17.1 Å². The second-order valence-electron chi connectivity index (χ2n) is 11.5. The molecular weight excluding hydrogens is 1010 g/mol. The zero-order valence-electron chi connectivity index (χ0n) is 28.0. The van der Waals surface area contributed by atoms with E-state index in [1.807, 2.05) is 77.7 Å². The standard InChI is InChI=1S/C39H18Cl14NO2/c1-55-19-11-7-17(8-12-19)54(18-9-13-20(56-2)14-10-18)16-5-3-15(4-6-16)21-26(40)28(42)23(29(43)27(21)41)22(24-30(44)34(48)38(52)35(49)31(24)45)25-32(46)36(50)39(53)37(51)33(25)47/h3-14H,1-2H3. The van der Waals surface area contributed by atoms with Crippen LogP contribution < -0.4 is 14.4 Å². The lowest BCUT2D eigenvalue weighted by atomic mass is 9.83. The zero-order chi connectivity index (χ0) is 40.9. The summed E-state index contributed by atoms with van der Waals surface area (Å²) < 4.78 is 10.8. The van der Waals surface area contributed by atoms with E-state index < -0.39 is 0 Å². The first-order chi connectivity index (χ1) is 26.5. The van der Waals surface area contributed by atoms with Crippen molar-refractivity contribution in [2.75, 3.05) is 19.1 Å². The quantitative estimate of drug-likeness (QED) is 0.0818. The number of nitrogens with zero attached hydrogens (tertiary/aromatic N) is 1. The summed E-state index contributed by atoms with van der Waals surface area (Å²) in [4.78, 5) is 2.04. The average Bonchev–Trinajstić information content (AvgIpc) is 3.21. The third kappa shape index (κ3) is 8.03. The SMILES string of the molecule is COc1ccc(N(c2ccc(OC)cc2)c2ccc(-c3c(Cl)c(Cl)c([C](c4c(Cl)c(Cl)c(Cl)c(Cl)c4Cl)c4c(Cl)c(Cl)c(Cl)c(Cl)c4Cl)c(Cl)c3Cl)cc2)cc1. The van der Waals surface area contributed by atoms with E-state index >= 15 is 0 Å². The maximum atomic E-state index is 7.16. The normalized spacial score (nSPS) is 11.4. The van der Waals surface area contributed by atoms with Crippen LogP contribution in [-0.4, -0.2) is 14.2 Å². The van der Waals surface area contributed by atoms with E-state index in [2.05, 4.69) is 0 Å². The van der Waals surface area contributed by atoms with Crippen LogP contribution in [0.3, 0.4) is 0 Å². The van der Waals surface area contributed by atoms with E-state index in [0.29, 0.717) is 22.6 Å². The van der Waals surface area contributed by atoms with Crippen LogP contribution in [0.25, 0.3) is 11.1 Å². The molecule has 0 N–H and O–H groups in total. The molecule has 0 bridgehead atoms. The molecule has 56 heavy (non-hydrogen) atoms. The number of halogens is 14. The Bertz CT molecular complexity index is 2290. The zero-order valence-corrected chi connectivity index (χ0v) is 38.6. The Kier molecular flexibility index (Phi) is 14.4. The van der Waals surface area contributed by atoms with Crippen molar-refractivity contribution in [2.24, 2.45) is 0 Å². The summed E-state index contributed by atoms with van der Waals surface area (Å²) in [7, 11) is 3.21. The molecular formula is C39H18Cl14NO2. The Balaban J connectivity index is 1.56. The topological polar surface area (TPSA) is 21.7 Å². The van der Waals surface area contributed by atoms with Gasteiger partial charge >= 0.3 is 0 Å². The minimum Gasteiger partial charge on any atom is -0.497 e. The third-order valence-electron chi connectivity index (χ3n) is 8.51. The van der Waals surface area contributed by atoms with E-state index in [9.17, 15) is 0 Å². The van der Waals surface area contributed by atoms with Crippen molar-refractivity contribution in [3.05, 3.63) is 166 Å². The molecule has 1 radical (unpaired) electrons. The predicted octanol–water partition coefficient (Wildman–Crippen LogP) is 19.0. The number of methoxy groups -OCH3 is 2. The molecule has 17 heteroatoms. The monoisotopic (exact) mass is 1020 g/mol. The molecule has 0 aromatic heterocycles. The first-order valence-corrected chi connectivity index (χ1v) is 20.8. The van der Waals surface area contributed by atoms with Crippen molar-refractivity contribution >= 4 is 179 Å². The number of rotatable bonds is 9. The van der Waals surface area contributed by atoms with Gasteiger partial charge in [-0.15, -0.1) is 0 Å². The number of ether oxygens (including phenoxy) is 2. The molecule has 6 aromatic rings. The fraction of sp³-hybridized carbons (Fsp3) is 0.0513. The average molecular weight is 1030 g/mol. The van der Waals surface area contributed by atoms with E-state index in [1.165, 1.54) is 0 Å². The Morgan fingerprint density at radius 1 is 0.339 bits per heavy atom. The van der Waals surface area contributed by atoms with E-state index in [-0.39, 0.29) is 92.9 Å². The molecule has 0 spiro atoms. The van der Waals surface area contributed by atoms with Crippen LogP contribution in [0, 0.1) is 5.92 Å². The summed E-state index contributed by atoms with van der Waals surface area (Å²) in [5.41, 5.74) is 3.26. The summed E-state index contributed by atoms with van der Waals surface area (Å²) in [6.45, 7) is 0. The highest BCUT2D eigenvalue weighted by molar-refractivity contribution is 6.58. The largest absolute Gasteiger partial charge is 0.497 e. The third-order valence-corrected chi connectivity index (χ3v) is 14.8. The van der Waals surface area contributed by atoms with Gasteiger partial charge in [0.2, 0.25) is 0 Å². The molecule has 0 aliphatic carbocycles. The van der Waals surface area contributed by atoms with Gasteiger partial charge in [-0.3, -0.25) is 0 Å². The molecule has 0 atom stereocenters. The van der Waals surface area contributed by atoms with Gasteiger partial charge in [-0.25, -0.2) is 0 Å². The molecule has 0 aliphatic rings. The molecule has 6 aromatic carbocycles. The van der Waals surface area contributed by atoms with Gasteiger partial charge in [-0.2, -0.15) is 0 Å². The van der Waals surface area contributed by atoms with E-state index in [1.54, 1.807) is 14.2 Å². The lowest BCUT2D eigenvalue weighted by Crippen LogP contribution is -2.12. The second kappa shape index (κ2) is 18.2. The van der Waals surface area contributed by atoms with Crippen LogP contribution in [0.5, 0.6) is 11.5 Å². The number of hydrogen-bond acceptors (Lipinski definition) is 3. The van der Waals surface area contributed by atoms with Crippen molar-refractivity contribution in [3.63, 3.8) is 0 Å². The van der Waals surface area contributed by atoms with E-state index in [4.69, 9.17) is 172 Å². The van der Waals surface area contributed by atoms with Crippen LogP contribution in [0.4, 0.5) is 17.1 Å². The smallest absolute Gasteiger partial charge is 0.119 e. The van der Waals surface area contributed by atoms with Crippen LogP contribution in [-0.2, 0) is 0 Å². The predicted molar refractivity (Wildman–Crippen MR) is 243 cm³/mol. The van der Waals surface area contributed by atoms with Gasteiger partial charge in [-0.1, -0.05) is 175 Å². The number of hydrogen-bond donors (Lipinski definition) is 0. The lowest BCUT2D eigenvalue weighted by Gasteiger charge is -2.28. The van der Waals surface area contributed by atoms with Crippen molar-refractivity contribution in [1.82, 2.24) is 0 Å². The highest BCUT2D eigenvalue weighted by Crippen LogP contribution is 2.58. The van der Waals surface area contributed by atoms with Gasteiger partial charge in [0, 0.05) is 39.3 Å². The van der Waals surface area contributed by atoms with Gasteiger partial charge in [-0.05, 0) is 66.2 Å². The van der Waals surface area contributed by atoms with Crippen molar-refractivity contribution in [2.45, 2.75) is 0 Å². The minimum absolute atomic E-state index is 0.0136. The Morgan fingerprint density at radius 3 is 0.875 bits per heavy atom. The van der Waals surface area contributed by atoms with Crippen LogP contribution >= 0.6 is 162 Å². The van der Waals surface area contributed by atoms with Crippen LogP contribution in [0.1, 0.15) is 16.7 Å². The first-order valence-electron chi connectivity index (χ1n) is 15.5. The summed E-state index contributed by atoms with van der Waals surface area (Å²) in [5.74, 6) is 1.38. The molecule has 6 rings (SSSR count). The van der Waals surface area contributed by atoms with Gasteiger partial charge in [0.25, 0.3) is 0 Å². The Hall–Kier alpha value is -1.22. The van der Waals surface area contributed by atoms with Gasteiger partial charge < -0.3 is 14.4 Å². The molecule has 3 nitrogen and oxygen atoms in total. The maximum Gasteiger partial charge on any atom is 0.119 e. The Morgan fingerprint density at radius 2 is 0.589 bits per heavy atom. The van der Waals surface area contributed by atoms with Crippen LogP contribution in [0.2, 0.25) is 70.3 Å².